The molecule has 3 aromatic carbocycles. The summed E-state index contributed by atoms with van der Waals surface area (Å²) in [6.07, 6.45) is 3.43. The molecule has 1 unspecified atom stereocenters. The smallest absolute Gasteiger partial charge is 0.171 e. The largest absolute Gasteiger partial charge is 0.457 e. The average Bonchev–Trinajstić information content (AvgIpc) is 2.71. The van der Waals surface area contributed by atoms with Crippen molar-refractivity contribution < 1.29 is 4.74 Å². The minimum Gasteiger partial charge on any atom is -0.457 e. The summed E-state index contributed by atoms with van der Waals surface area (Å²) in [4.78, 5) is 0. The second-order valence-electron chi connectivity index (χ2n) is 6.68. The molecular weight excluding hydrogens is 352 g/mol. The van der Waals surface area contributed by atoms with Crippen LogP contribution in [-0.2, 0) is 6.42 Å². The molecule has 1 atom stereocenters. The van der Waals surface area contributed by atoms with Crippen LogP contribution in [0.25, 0.3) is 0 Å². The van der Waals surface area contributed by atoms with Crippen molar-refractivity contribution in [1.29, 1.82) is 0 Å². The number of hydrogen-bond donors (Lipinski definition) is 2. The van der Waals surface area contributed by atoms with Crippen molar-refractivity contribution in [3.05, 3.63) is 90.0 Å². The first-order valence-electron chi connectivity index (χ1n) is 9.26. The van der Waals surface area contributed by atoms with Crippen LogP contribution in [0.1, 0.15) is 30.0 Å². The lowest BCUT2D eigenvalue weighted by molar-refractivity contribution is 0.483. The fourth-order valence-electron chi connectivity index (χ4n) is 3.46. The van der Waals surface area contributed by atoms with Gasteiger partial charge in [-0.05, 0) is 79.0 Å². The Morgan fingerprint density at radius 2 is 1.56 bits per heavy atom. The van der Waals surface area contributed by atoms with E-state index in [1.807, 2.05) is 54.6 Å². The Balaban J connectivity index is 1.36. The summed E-state index contributed by atoms with van der Waals surface area (Å²) >= 11 is 5.53. The molecule has 0 amide bonds. The number of ether oxygens (including phenoxy) is 1. The molecule has 4 heteroatoms. The van der Waals surface area contributed by atoms with Crippen LogP contribution < -0.4 is 15.4 Å². The average molecular weight is 375 g/mol. The zero-order chi connectivity index (χ0) is 18.5. The molecule has 136 valence electrons. The molecule has 3 nitrogen and oxygen atoms in total. The maximum absolute atomic E-state index is 5.82. The third kappa shape index (κ3) is 4.47. The first-order valence-corrected chi connectivity index (χ1v) is 9.67. The molecule has 0 spiro atoms. The predicted molar refractivity (Wildman–Crippen MR) is 114 cm³/mol. The molecule has 0 bridgehead atoms. The Kier molecular flexibility index (Phi) is 5.35. The molecule has 4 rings (SSSR count). The summed E-state index contributed by atoms with van der Waals surface area (Å²) in [7, 11) is 0. The Hall–Kier alpha value is -2.85. The molecule has 3 aromatic rings. The third-order valence-electron chi connectivity index (χ3n) is 4.77. The van der Waals surface area contributed by atoms with Gasteiger partial charge in [0.05, 0.1) is 6.04 Å². The van der Waals surface area contributed by atoms with Gasteiger partial charge in [-0.3, -0.25) is 0 Å². The molecule has 1 aliphatic carbocycles. The molecule has 2 N–H and O–H groups in total. The van der Waals surface area contributed by atoms with Crippen LogP contribution in [0.5, 0.6) is 11.5 Å². The van der Waals surface area contributed by atoms with Crippen LogP contribution in [0.2, 0.25) is 0 Å². The Labute approximate surface area is 165 Å². The molecule has 1 aliphatic rings. The molecule has 0 heterocycles. The lowest BCUT2D eigenvalue weighted by Crippen LogP contribution is -2.34. The van der Waals surface area contributed by atoms with Gasteiger partial charge in [0.15, 0.2) is 5.11 Å². The number of benzene rings is 3. The lowest BCUT2D eigenvalue weighted by Gasteiger charge is -2.27. The van der Waals surface area contributed by atoms with Gasteiger partial charge >= 0.3 is 0 Å². The second-order valence-corrected chi connectivity index (χ2v) is 7.09. The maximum atomic E-state index is 5.82. The lowest BCUT2D eigenvalue weighted by atomic mass is 9.88. The summed E-state index contributed by atoms with van der Waals surface area (Å²) in [6.45, 7) is 0. The molecule has 0 aromatic heterocycles. The van der Waals surface area contributed by atoms with Crippen molar-refractivity contribution in [3.63, 3.8) is 0 Å². The summed E-state index contributed by atoms with van der Waals surface area (Å²) in [6, 6.07) is 26.5. The van der Waals surface area contributed by atoms with Gasteiger partial charge in [-0.25, -0.2) is 0 Å². The molecular formula is C23H22N2OS. The van der Waals surface area contributed by atoms with Crippen LogP contribution in [-0.4, -0.2) is 5.11 Å². The van der Waals surface area contributed by atoms with E-state index < -0.39 is 0 Å². The maximum Gasteiger partial charge on any atom is 0.171 e. The van der Waals surface area contributed by atoms with Crippen LogP contribution >= 0.6 is 12.2 Å². The quantitative estimate of drug-likeness (QED) is 0.562. The van der Waals surface area contributed by atoms with Crippen LogP contribution in [0, 0.1) is 0 Å². The Morgan fingerprint density at radius 3 is 2.37 bits per heavy atom. The highest BCUT2D eigenvalue weighted by Gasteiger charge is 2.20. The highest BCUT2D eigenvalue weighted by atomic mass is 32.1. The normalized spacial score (nSPS) is 15.5. The molecule has 0 radical (unpaired) electrons. The summed E-state index contributed by atoms with van der Waals surface area (Å²) < 4.78 is 5.82. The number of anilines is 1. The highest BCUT2D eigenvalue weighted by molar-refractivity contribution is 7.80. The minimum atomic E-state index is 0.274. The Bertz CT molecular complexity index is 909. The first kappa shape index (κ1) is 17.6. The number of nitrogens with one attached hydrogen (secondary N) is 2. The van der Waals surface area contributed by atoms with Gasteiger partial charge in [0.25, 0.3) is 0 Å². The number of rotatable bonds is 4. The van der Waals surface area contributed by atoms with Gasteiger partial charge in [0.2, 0.25) is 0 Å². The van der Waals surface area contributed by atoms with E-state index in [0.29, 0.717) is 5.11 Å². The van der Waals surface area contributed by atoms with Crippen LogP contribution in [0.15, 0.2) is 78.9 Å². The van der Waals surface area contributed by atoms with Crippen molar-refractivity contribution in [2.45, 2.75) is 25.3 Å². The van der Waals surface area contributed by atoms with Gasteiger partial charge < -0.3 is 15.4 Å². The molecule has 0 fully saturated rings. The van der Waals surface area contributed by atoms with Gasteiger partial charge in [0, 0.05) is 5.69 Å². The van der Waals surface area contributed by atoms with Crippen LogP contribution in [0.3, 0.4) is 0 Å². The standard InChI is InChI=1S/C23H22N2OS/c27-23(25-22-12-6-8-17-7-4-5-11-21(17)22)24-18-13-15-20(16-14-18)26-19-9-2-1-3-10-19/h1-5,7,9-11,13-16,22H,6,8,12H2,(H2,24,25,27). The molecule has 0 saturated carbocycles. The van der Waals surface area contributed by atoms with Crippen molar-refractivity contribution >= 4 is 23.0 Å². The van der Waals surface area contributed by atoms with E-state index in [9.17, 15) is 0 Å². The van der Waals surface area contributed by atoms with E-state index in [2.05, 4.69) is 34.9 Å². The predicted octanol–water partition coefficient (Wildman–Crippen LogP) is 5.84. The fourth-order valence-corrected chi connectivity index (χ4v) is 3.72. The minimum absolute atomic E-state index is 0.274. The Morgan fingerprint density at radius 1 is 0.852 bits per heavy atom. The van der Waals surface area contributed by atoms with Gasteiger partial charge in [-0.15, -0.1) is 0 Å². The summed E-state index contributed by atoms with van der Waals surface area (Å²) in [5, 5.41) is 7.39. The zero-order valence-electron chi connectivity index (χ0n) is 15.0. The van der Waals surface area contributed by atoms with Gasteiger partial charge in [-0.2, -0.15) is 0 Å². The van der Waals surface area contributed by atoms with E-state index in [1.54, 1.807) is 0 Å². The van der Waals surface area contributed by atoms with Crippen molar-refractivity contribution in [2.75, 3.05) is 5.32 Å². The summed E-state index contributed by atoms with van der Waals surface area (Å²) in [5.74, 6) is 1.62. The van der Waals surface area contributed by atoms with Crippen molar-refractivity contribution in [3.8, 4) is 11.5 Å². The fraction of sp³-hybridized carbons (Fsp3) is 0.174. The van der Waals surface area contributed by atoms with E-state index in [-0.39, 0.29) is 6.04 Å². The molecule has 0 aliphatic heterocycles. The molecule has 0 saturated heterocycles. The SMILES string of the molecule is S=C(Nc1ccc(Oc2ccccc2)cc1)NC1CCCc2ccccc21. The van der Waals surface area contributed by atoms with Crippen LogP contribution in [0.4, 0.5) is 5.69 Å². The van der Waals surface area contributed by atoms with Crippen molar-refractivity contribution in [1.82, 2.24) is 5.32 Å². The monoisotopic (exact) mass is 374 g/mol. The zero-order valence-corrected chi connectivity index (χ0v) is 15.8. The topological polar surface area (TPSA) is 33.3 Å². The third-order valence-corrected chi connectivity index (χ3v) is 4.99. The number of aryl methyl sites for hydroxylation is 1. The van der Waals surface area contributed by atoms with Gasteiger partial charge in [-0.1, -0.05) is 42.5 Å². The molecule has 27 heavy (non-hydrogen) atoms. The van der Waals surface area contributed by atoms with E-state index in [0.717, 1.165) is 30.0 Å². The first-order chi connectivity index (χ1) is 13.3. The van der Waals surface area contributed by atoms with Crippen molar-refractivity contribution in [2.24, 2.45) is 0 Å². The number of fused-ring (bicyclic) bond motifs is 1. The second kappa shape index (κ2) is 8.23. The summed E-state index contributed by atoms with van der Waals surface area (Å²) in [5.41, 5.74) is 3.72. The van der Waals surface area contributed by atoms with E-state index >= 15 is 0 Å². The van der Waals surface area contributed by atoms with Gasteiger partial charge in [0.1, 0.15) is 11.5 Å². The van der Waals surface area contributed by atoms with E-state index in [4.69, 9.17) is 17.0 Å². The number of hydrogen-bond acceptors (Lipinski definition) is 2. The number of para-hydroxylation sites is 1. The number of thiocarbonyl (C=S) groups is 1. The van der Waals surface area contributed by atoms with E-state index in [1.165, 1.54) is 17.5 Å². The highest BCUT2D eigenvalue weighted by Crippen LogP contribution is 2.29.